The van der Waals surface area contributed by atoms with Crippen LogP contribution in [0, 0.1) is 6.92 Å². The molecule has 0 aliphatic heterocycles. The fourth-order valence-corrected chi connectivity index (χ4v) is 3.01. The molecule has 5 nitrogen and oxygen atoms in total. The van der Waals surface area contributed by atoms with Crippen molar-refractivity contribution >= 4 is 5.82 Å². The number of hydrogen-bond donors (Lipinski definition) is 2. The minimum Gasteiger partial charge on any atom is -0.384 e. The summed E-state index contributed by atoms with van der Waals surface area (Å²) in [6.45, 7) is 5.30. The van der Waals surface area contributed by atoms with Gasteiger partial charge in [0.25, 0.3) is 0 Å². The third-order valence-electron chi connectivity index (χ3n) is 4.48. The molecule has 2 aromatic heterocycles. The van der Waals surface area contributed by atoms with Gasteiger partial charge in [0.05, 0.1) is 5.69 Å². The Bertz CT molecular complexity index is 742. The van der Waals surface area contributed by atoms with E-state index in [-0.39, 0.29) is 18.9 Å². The number of nitrogens with zero attached hydrogens (tertiary/aromatic N) is 3. The smallest absolute Gasteiger partial charge is 0.248 e. The zero-order valence-corrected chi connectivity index (χ0v) is 14.8. The van der Waals surface area contributed by atoms with E-state index >= 15 is 0 Å². The van der Waals surface area contributed by atoms with Crippen molar-refractivity contribution < 1.29 is 13.9 Å². The fourth-order valence-electron chi connectivity index (χ4n) is 3.01. The predicted molar refractivity (Wildman–Crippen MR) is 92.2 cm³/mol. The van der Waals surface area contributed by atoms with E-state index in [9.17, 15) is 13.9 Å². The zero-order valence-electron chi connectivity index (χ0n) is 14.8. The van der Waals surface area contributed by atoms with Gasteiger partial charge < -0.3 is 10.4 Å². The van der Waals surface area contributed by atoms with Crippen LogP contribution in [0.4, 0.5) is 14.6 Å². The maximum atomic E-state index is 13.3. The van der Waals surface area contributed by atoms with Gasteiger partial charge in [0.15, 0.2) is 5.82 Å². The van der Waals surface area contributed by atoms with Crippen molar-refractivity contribution in [2.24, 2.45) is 0 Å². The van der Waals surface area contributed by atoms with Crippen LogP contribution in [0.2, 0.25) is 0 Å². The summed E-state index contributed by atoms with van der Waals surface area (Å²) in [7, 11) is 0. The van der Waals surface area contributed by atoms with Gasteiger partial charge in [0.2, 0.25) is 5.92 Å². The summed E-state index contributed by atoms with van der Waals surface area (Å²) in [4.78, 5) is 4.55. The second-order valence-electron chi connectivity index (χ2n) is 7.37. The molecule has 3 rings (SSSR count). The first-order valence-electron chi connectivity index (χ1n) is 8.54. The molecule has 2 heterocycles. The summed E-state index contributed by atoms with van der Waals surface area (Å²) in [6.07, 6.45) is 2.44. The third-order valence-corrected chi connectivity index (χ3v) is 4.48. The van der Waals surface area contributed by atoms with Crippen LogP contribution in [-0.4, -0.2) is 31.8 Å². The van der Waals surface area contributed by atoms with Crippen molar-refractivity contribution in [3.05, 3.63) is 35.7 Å². The van der Waals surface area contributed by atoms with Crippen LogP contribution in [0.3, 0.4) is 0 Å². The molecule has 7 heteroatoms. The average molecular weight is 350 g/mol. The molecule has 136 valence electrons. The Hall–Kier alpha value is -2.02. The Labute approximate surface area is 146 Å². The topological polar surface area (TPSA) is 63.0 Å². The molecule has 25 heavy (non-hydrogen) atoms. The van der Waals surface area contributed by atoms with Gasteiger partial charge in [-0.1, -0.05) is 0 Å². The summed E-state index contributed by atoms with van der Waals surface area (Å²) in [5, 5.41) is 17.7. The molecule has 1 aliphatic rings. The lowest BCUT2D eigenvalue weighted by molar-refractivity contribution is -0.0361. The maximum Gasteiger partial charge on any atom is 0.248 e. The molecule has 0 spiro atoms. The molecule has 2 aromatic rings. The van der Waals surface area contributed by atoms with E-state index in [0.717, 1.165) is 5.56 Å². The van der Waals surface area contributed by atoms with Crippen LogP contribution in [0.25, 0.3) is 5.82 Å². The van der Waals surface area contributed by atoms with Crippen LogP contribution in [0.15, 0.2) is 24.4 Å². The Balaban J connectivity index is 1.78. The van der Waals surface area contributed by atoms with E-state index < -0.39 is 11.5 Å². The van der Waals surface area contributed by atoms with Gasteiger partial charge in [-0.3, -0.25) is 0 Å². The van der Waals surface area contributed by atoms with Gasteiger partial charge in [-0.15, -0.1) is 0 Å². The number of aromatic nitrogens is 3. The Kier molecular flexibility index (Phi) is 4.53. The normalized spacial score (nSPS) is 18.3. The van der Waals surface area contributed by atoms with Gasteiger partial charge in [0, 0.05) is 25.1 Å². The van der Waals surface area contributed by atoms with Crippen LogP contribution >= 0.6 is 0 Å². The first-order chi connectivity index (χ1) is 11.6. The molecule has 0 amide bonds. The molecule has 0 bridgehead atoms. The van der Waals surface area contributed by atoms with E-state index in [4.69, 9.17) is 0 Å². The average Bonchev–Trinajstić information content (AvgIpc) is 2.99. The molecular weight excluding hydrogens is 326 g/mol. The second kappa shape index (κ2) is 6.37. The lowest BCUT2D eigenvalue weighted by Gasteiger charge is -2.29. The van der Waals surface area contributed by atoms with Crippen LogP contribution in [-0.2, 0) is 5.60 Å². The number of aryl methyl sites for hydroxylation is 1. The molecule has 0 radical (unpaired) electrons. The summed E-state index contributed by atoms with van der Waals surface area (Å²) >= 11 is 0. The third kappa shape index (κ3) is 4.34. The number of nitrogens with one attached hydrogen (secondary N) is 1. The summed E-state index contributed by atoms with van der Waals surface area (Å²) in [5.74, 6) is -1.25. The van der Waals surface area contributed by atoms with E-state index in [1.165, 1.54) is 0 Å². The fraction of sp³-hybridized carbons (Fsp3) is 0.556. The Morgan fingerprint density at radius 3 is 2.56 bits per heavy atom. The Morgan fingerprint density at radius 2 is 1.96 bits per heavy atom. The number of halogens is 2. The molecule has 0 unspecified atom stereocenters. The largest absolute Gasteiger partial charge is 0.384 e. The highest BCUT2D eigenvalue weighted by atomic mass is 19.3. The second-order valence-corrected chi connectivity index (χ2v) is 7.37. The van der Waals surface area contributed by atoms with Crippen molar-refractivity contribution in [3.63, 3.8) is 0 Å². The number of alkyl halides is 2. The predicted octanol–water partition coefficient (Wildman–Crippen LogP) is 3.79. The van der Waals surface area contributed by atoms with E-state index in [1.807, 2.05) is 19.1 Å². The molecule has 1 aliphatic carbocycles. The van der Waals surface area contributed by atoms with Gasteiger partial charge >= 0.3 is 0 Å². The summed E-state index contributed by atoms with van der Waals surface area (Å²) < 4.78 is 28.2. The van der Waals surface area contributed by atoms with E-state index in [0.29, 0.717) is 30.2 Å². The van der Waals surface area contributed by atoms with E-state index in [1.54, 1.807) is 30.8 Å². The number of hydrogen-bond acceptors (Lipinski definition) is 4. The zero-order chi connectivity index (χ0) is 18.2. The van der Waals surface area contributed by atoms with Crippen molar-refractivity contribution in [2.75, 3.05) is 5.32 Å². The van der Waals surface area contributed by atoms with Crippen LogP contribution in [0.1, 0.15) is 50.8 Å². The highest BCUT2D eigenvalue weighted by Crippen LogP contribution is 2.34. The molecular formula is C18H24F2N4O. The van der Waals surface area contributed by atoms with Crippen LogP contribution < -0.4 is 5.32 Å². The van der Waals surface area contributed by atoms with Gasteiger partial charge in [-0.05, 0) is 57.4 Å². The molecule has 0 saturated heterocycles. The van der Waals surface area contributed by atoms with Gasteiger partial charge in [-0.2, -0.15) is 5.10 Å². The van der Waals surface area contributed by atoms with Crippen LogP contribution in [0.5, 0.6) is 0 Å². The van der Waals surface area contributed by atoms with E-state index in [2.05, 4.69) is 15.4 Å². The summed E-state index contributed by atoms with van der Waals surface area (Å²) in [6, 6.07) is 5.55. The first kappa shape index (κ1) is 17.8. The first-order valence-corrected chi connectivity index (χ1v) is 8.54. The highest BCUT2D eigenvalue weighted by molar-refractivity contribution is 5.44. The van der Waals surface area contributed by atoms with Crippen molar-refractivity contribution in [2.45, 2.75) is 64.0 Å². The maximum absolute atomic E-state index is 13.3. The highest BCUT2D eigenvalue weighted by Gasteiger charge is 2.34. The molecule has 0 atom stereocenters. The minimum absolute atomic E-state index is 0.00586. The lowest BCUT2D eigenvalue weighted by atomic mass is 9.92. The quantitative estimate of drug-likeness (QED) is 0.881. The lowest BCUT2D eigenvalue weighted by Crippen LogP contribution is -2.32. The molecule has 1 fully saturated rings. The molecule has 1 saturated carbocycles. The Morgan fingerprint density at radius 1 is 1.28 bits per heavy atom. The number of rotatable bonds is 4. The number of anilines is 1. The number of pyridine rings is 1. The SMILES string of the molecule is Cc1cc(NC2CCC(F)(F)CC2)nc(-n2ccc(C(C)(C)O)n2)c1. The standard InChI is InChI=1S/C18H24F2N4O/c1-12-10-15(21-13-4-7-18(19,20)8-5-13)22-16(11-12)24-9-6-14(23-24)17(2,3)25/h6,9-11,13,25H,4-5,7-8H2,1-3H3,(H,21,22). The monoisotopic (exact) mass is 350 g/mol. The van der Waals surface area contributed by atoms with Crippen molar-refractivity contribution in [1.82, 2.24) is 14.8 Å². The number of aliphatic hydroxyl groups is 1. The minimum atomic E-state index is -2.54. The van der Waals surface area contributed by atoms with Gasteiger partial charge in [0.1, 0.15) is 11.4 Å². The summed E-state index contributed by atoms with van der Waals surface area (Å²) in [5.41, 5.74) is 0.525. The van der Waals surface area contributed by atoms with Crippen molar-refractivity contribution in [1.29, 1.82) is 0 Å². The molecule has 0 aromatic carbocycles. The van der Waals surface area contributed by atoms with Gasteiger partial charge in [-0.25, -0.2) is 18.4 Å². The van der Waals surface area contributed by atoms with Crippen molar-refractivity contribution in [3.8, 4) is 5.82 Å². The molecule has 2 N–H and O–H groups in total.